The Kier molecular flexibility index (Phi) is 6.29. The van der Waals surface area contributed by atoms with E-state index in [4.69, 9.17) is 0 Å². The smallest absolute Gasteiger partial charge is 0.227 e. The largest absolute Gasteiger partial charge is 0.334 e. The van der Waals surface area contributed by atoms with E-state index in [9.17, 15) is 13.2 Å². The molecule has 27 heavy (non-hydrogen) atoms. The van der Waals surface area contributed by atoms with Crippen LogP contribution in [0.15, 0.2) is 60.7 Å². The van der Waals surface area contributed by atoms with E-state index < -0.39 is 10.0 Å². The van der Waals surface area contributed by atoms with Gasteiger partial charge in [0.2, 0.25) is 15.9 Å². The highest BCUT2D eigenvalue weighted by atomic mass is 32.2. The van der Waals surface area contributed by atoms with Gasteiger partial charge in [0.1, 0.15) is 0 Å². The van der Waals surface area contributed by atoms with Gasteiger partial charge < -0.3 is 4.90 Å². The third kappa shape index (κ3) is 5.40. The van der Waals surface area contributed by atoms with Gasteiger partial charge in [-0.25, -0.2) is 12.7 Å². The molecular formula is C21H26N2O3S. The van der Waals surface area contributed by atoms with Crippen molar-refractivity contribution in [2.75, 3.05) is 19.3 Å². The Morgan fingerprint density at radius 3 is 2.00 bits per heavy atom. The van der Waals surface area contributed by atoms with Gasteiger partial charge >= 0.3 is 0 Å². The molecule has 0 aromatic heterocycles. The van der Waals surface area contributed by atoms with E-state index in [1.807, 2.05) is 65.6 Å². The number of nitrogens with zero attached hydrogens (tertiary/aromatic N) is 2. The minimum absolute atomic E-state index is 0.0241. The average molecular weight is 387 g/mol. The summed E-state index contributed by atoms with van der Waals surface area (Å²) in [5.41, 5.74) is 2.13. The number of hydrogen-bond donors (Lipinski definition) is 0. The molecule has 0 N–H and O–H groups in total. The number of carbonyl (C=O) groups excluding carboxylic acids is 1. The van der Waals surface area contributed by atoms with Crippen LogP contribution in [0, 0.1) is 5.92 Å². The van der Waals surface area contributed by atoms with E-state index in [1.165, 1.54) is 10.6 Å². The standard InChI is InChI=1S/C21H26N2O3S/c1-27(25,26)23-14-8-13-20(17-23)21(24)22(15-18-9-4-2-5-10-18)16-19-11-6-3-7-12-19/h2-7,9-12,20H,8,13-17H2,1H3. The number of carbonyl (C=O) groups is 1. The van der Waals surface area contributed by atoms with Gasteiger partial charge in [0, 0.05) is 26.2 Å². The highest BCUT2D eigenvalue weighted by Crippen LogP contribution is 2.23. The normalized spacial score (nSPS) is 18.2. The first-order valence-electron chi connectivity index (χ1n) is 9.25. The Hall–Kier alpha value is -2.18. The van der Waals surface area contributed by atoms with Crippen molar-refractivity contribution in [1.82, 2.24) is 9.21 Å². The molecular weight excluding hydrogens is 360 g/mol. The summed E-state index contributed by atoms with van der Waals surface area (Å²) in [5, 5.41) is 0. The zero-order chi connectivity index (χ0) is 19.3. The summed E-state index contributed by atoms with van der Waals surface area (Å²) >= 11 is 0. The lowest BCUT2D eigenvalue weighted by Crippen LogP contribution is -2.46. The summed E-state index contributed by atoms with van der Waals surface area (Å²) in [5.74, 6) is -0.267. The third-order valence-electron chi connectivity index (χ3n) is 4.95. The maximum atomic E-state index is 13.3. The number of hydrogen-bond acceptors (Lipinski definition) is 3. The Labute approximate surface area is 161 Å². The predicted octanol–water partition coefficient (Wildman–Crippen LogP) is 2.89. The van der Waals surface area contributed by atoms with Gasteiger partial charge in [0.15, 0.2) is 0 Å². The molecule has 1 aliphatic rings. The molecule has 6 heteroatoms. The van der Waals surface area contributed by atoms with Crippen molar-refractivity contribution in [3.05, 3.63) is 71.8 Å². The molecule has 0 spiro atoms. The second kappa shape index (κ2) is 8.67. The number of sulfonamides is 1. The van der Waals surface area contributed by atoms with E-state index in [1.54, 1.807) is 0 Å². The molecule has 1 saturated heterocycles. The van der Waals surface area contributed by atoms with E-state index in [2.05, 4.69) is 0 Å². The lowest BCUT2D eigenvalue weighted by molar-refractivity contribution is -0.138. The van der Waals surface area contributed by atoms with Gasteiger partial charge in [-0.3, -0.25) is 4.79 Å². The van der Waals surface area contributed by atoms with Crippen LogP contribution in [0.3, 0.4) is 0 Å². The highest BCUT2D eigenvalue weighted by molar-refractivity contribution is 7.88. The van der Waals surface area contributed by atoms with Crippen LogP contribution < -0.4 is 0 Å². The fourth-order valence-electron chi connectivity index (χ4n) is 3.52. The molecule has 2 aromatic carbocycles. The van der Waals surface area contributed by atoms with E-state index >= 15 is 0 Å². The summed E-state index contributed by atoms with van der Waals surface area (Å²) in [4.78, 5) is 15.1. The molecule has 1 heterocycles. The molecule has 144 valence electrons. The third-order valence-corrected chi connectivity index (χ3v) is 6.22. The van der Waals surface area contributed by atoms with Crippen LogP contribution in [0.5, 0.6) is 0 Å². The Morgan fingerprint density at radius 1 is 1.00 bits per heavy atom. The SMILES string of the molecule is CS(=O)(=O)N1CCCC(C(=O)N(Cc2ccccc2)Cc2ccccc2)C1. The van der Waals surface area contributed by atoms with Crippen molar-refractivity contribution >= 4 is 15.9 Å². The molecule has 0 radical (unpaired) electrons. The van der Waals surface area contributed by atoms with Gasteiger partial charge in [-0.15, -0.1) is 0 Å². The van der Waals surface area contributed by atoms with Gasteiger partial charge in [-0.05, 0) is 24.0 Å². The van der Waals surface area contributed by atoms with Crippen molar-refractivity contribution in [1.29, 1.82) is 0 Å². The minimum atomic E-state index is -3.27. The van der Waals surface area contributed by atoms with Crippen molar-refractivity contribution in [2.24, 2.45) is 5.92 Å². The zero-order valence-corrected chi connectivity index (χ0v) is 16.4. The highest BCUT2D eigenvalue weighted by Gasteiger charge is 2.32. The first kappa shape index (κ1) is 19.6. The summed E-state index contributed by atoms with van der Waals surface area (Å²) in [6, 6.07) is 19.8. The summed E-state index contributed by atoms with van der Waals surface area (Å²) in [7, 11) is -3.27. The lowest BCUT2D eigenvalue weighted by Gasteiger charge is -2.34. The molecule has 3 rings (SSSR count). The van der Waals surface area contributed by atoms with Crippen molar-refractivity contribution in [3.63, 3.8) is 0 Å². The number of rotatable bonds is 6. The average Bonchev–Trinajstić information content (AvgIpc) is 2.68. The molecule has 2 aromatic rings. The number of piperidine rings is 1. The monoisotopic (exact) mass is 386 g/mol. The Bertz CT molecular complexity index is 812. The fourth-order valence-corrected chi connectivity index (χ4v) is 4.43. The van der Waals surface area contributed by atoms with Gasteiger partial charge in [0.05, 0.1) is 12.2 Å². The molecule has 1 fully saturated rings. The van der Waals surface area contributed by atoms with Crippen molar-refractivity contribution in [3.8, 4) is 0 Å². The molecule has 5 nitrogen and oxygen atoms in total. The maximum Gasteiger partial charge on any atom is 0.227 e. The number of amides is 1. The second-order valence-electron chi connectivity index (χ2n) is 7.13. The Balaban J connectivity index is 1.79. The number of benzene rings is 2. The van der Waals surface area contributed by atoms with E-state index in [0.29, 0.717) is 26.1 Å². The topological polar surface area (TPSA) is 57.7 Å². The molecule has 0 saturated carbocycles. The van der Waals surface area contributed by atoms with E-state index in [0.717, 1.165) is 17.5 Å². The predicted molar refractivity (Wildman–Crippen MR) is 106 cm³/mol. The van der Waals surface area contributed by atoms with Crippen LogP contribution in [-0.4, -0.2) is 42.9 Å². The van der Waals surface area contributed by atoms with Crippen LogP contribution in [0.2, 0.25) is 0 Å². The quantitative estimate of drug-likeness (QED) is 0.767. The zero-order valence-electron chi connectivity index (χ0n) is 15.6. The van der Waals surface area contributed by atoms with Crippen LogP contribution in [0.1, 0.15) is 24.0 Å². The van der Waals surface area contributed by atoms with Crippen LogP contribution in [0.25, 0.3) is 0 Å². The van der Waals surface area contributed by atoms with Gasteiger partial charge in [-0.2, -0.15) is 0 Å². The molecule has 1 atom stereocenters. The second-order valence-corrected chi connectivity index (χ2v) is 9.11. The van der Waals surface area contributed by atoms with Gasteiger partial charge in [-0.1, -0.05) is 60.7 Å². The maximum absolute atomic E-state index is 13.3. The molecule has 1 amide bonds. The summed E-state index contributed by atoms with van der Waals surface area (Å²) in [6.07, 6.45) is 2.66. The van der Waals surface area contributed by atoms with Crippen LogP contribution in [0.4, 0.5) is 0 Å². The van der Waals surface area contributed by atoms with Crippen molar-refractivity contribution < 1.29 is 13.2 Å². The molecule has 1 aliphatic heterocycles. The Morgan fingerprint density at radius 2 is 1.52 bits per heavy atom. The summed E-state index contributed by atoms with van der Waals surface area (Å²) < 4.78 is 25.2. The van der Waals surface area contributed by atoms with Crippen LogP contribution >= 0.6 is 0 Å². The van der Waals surface area contributed by atoms with E-state index in [-0.39, 0.29) is 18.4 Å². The first-order chi connectivity index (χ1) is 12.9. The lowest BCUT2D eigenvalue weighted by atomic mass is 9.97. The molecule has 1 unspecified atom stereocenters. The first-order valence-corrected chi connectivity index (χ1v) is 11.1. The van der Waals surface area contributed by atoms with Crippen LogP contribution in [-0.2, 0) is 27.9 Å². The van der Waals surface area contributed by atoms with Crippen molar-refractivity contribution in [2.45, 2.75) is 25.9 Å². The molecule has 0 bridgehead atoms. The fraction of sp³-hybridized carbons (Fsp3) is 0.381. The molecule has 0 aliphatic carbocycles. The summed E-state index contributed by atoms with van der Waals surface area (Å²) in [6.45, 7) is 1.81. The minimum Gasteiger partial charge on any atom is -0.334 e. The van der Waals surface area contributed by atoms with Gasteiger partial charge in [0.25, 0.3) is 0 Å².